The number of anilines is 1. The Kier molecular flexibility index (Phi) is 6.00. The van der Waals surface area contributed by atoms with Gasteiger partial charge >= 0.3 is 0 Å². The number of nitrogens with one attached hydrogen (secondary N) is 1. The van der Waals surface area contributed by atoms with Crippen molar-refractivity contribution in [2.75, 3.05) is 44.7 Å². The first kappa shape index (κ1) is 16.2. The molecule has 1 fully saturated rings. The van der Waals surface area contributed by atoms with Crippen molar-refractivity contribution in [2.45, 2.75) is 32.7 Å². The van der Waals surface area contributed by atoms with E-state index in [9.17, 15) is 4.39 Å². The second-order valence-electron chi connectivity index (χ2n) is 5.96. The molecule has 2 rings (SSSR count). The number of benzene rings is 1. The van der Waals surface area contributed by atoms with E-state index in [1.165, 1.54) is 25.9 Å². The lowest BCUT2D eigenvalue weighted by atomic mass is 10.1. The Morgan fingerprint density at radius 1 is 1.33 bits per heavy atom. The number of hydrogen-bond acceptors (Lipinski definition) is 3. The van der Waals surface area contributed by atoms with Crippen molar-refractivity contribution in [1.82, 2.24) is 10.2 Å². The molecule has 118 valence electrons. The summed E-state index contributed by atoms with van der Waals surface area (Å²) in [5.41, 5.74) is 1.70. The van der Waals surface area contributed by atoms with Crippen molar-refractivity contribution >= 4 is 5.69 Å². The molecule has 3 nitrogen and oxygen atoms in total. The van der Waals surface area contributed by atoms with Crippen LogP contribution in [0, 0.1) is 5.82 Å². The number of nitrogens with zero attached hydrogens (tertiary/aromatic N) is 2. The van der Waals surface area contributed by atoms with Crippen LogP contribution in [0.25, 0.3) is 0 Å². The van der Waals surface area contributed by atoms with Crippen LogP contribution in [0.5, 0.6) is 0 Å². The zero-order valence-corrected chi connectivity index (χ0v) is 13.5. The fourth-order valence-electron chi connectivity index (χ4n) is 2.94. The van der Waals surface area contributed by atoms with Crippen molar-refractivity contribution in [3.05, 3.63) is 29.6 Å². The van der Waals surface area contributed by atoms with Crippen LogP contribution in [0.2, 0.25) is 0 Å². The first-order chi connectivity index (χ1) is 10.1. The zero-order valence-electron chi connectivity index (χ0n) is 13.5. The number of halogens is 1. The van der Waals surface area contributed by atoms with Crippen molar-refractivity contribution in [2.24, 2.45) is 0 Å². The highest BCUT2D eigenvalue weighted by atomic mass is 19.1. The fourth-order valence-corrected chi connectivity index (χ4v) is 2.94. The van der Waals surface area contributed by atoms with Gasteiger partial charge in [0.05, 0.1) is 5.69 Å². The molecular formula is C17H28FN3. The van der Waals surface area contributed by atoms with Gasteiger partial charge in [-0.15, -0.1) is 0 Å². The summed E-state index contributed by atoms with van der Waals surface area (Å²) in [7, 11) is 1.97. The summed E-state index contributed by atoms with van der Waals surface area (Å²) < 4.78 is 14.3. The standard InChI is InChI=1S/C17H28FN3/c1-4-19-14(2)15-7-8-17(16(18)13-15)20(3)11-12-21-9-5-6-10-21/h7-8,13-14,19H,4-6,9-12H2,1-3H3. The maximum atomic E-state index is 14.3. The molecule has 0 aromatic heterocycles. The first-order valence-electron chi connectivity index (χ1n) is 8.08. The predicted molar refractivity (Wildman–Crippen MR) is 87.4 cm³/mol. The summed E-state index contributed by atoms with van der Waals surface area (Å²) >= 11 is 0. The van der Waals surface area contributed by atoms with E-state index in [0.29, 0.717) is 5.69 Å². The maximum Gasteiger partial charge on any atom is 0.146 e. The van der Waals surface area contributed by atoms with E-state index < -0.39 is 0 Å². The smallest absolute Gasteiger partial charge is 0.146 e. The Morgan fingerprint density at radius 2 is 2.05 bits per heavy atom. The van der Waals surface area contributed by atoms with Crippen LogP contribution in [-0.2, 0) is 0 Å². The molecule has 1 unspecified atom stereocenters. The molecule has 1 N–H and O–H groups in total. The quantitative estimate of drug-likeness (QED) is 0.833. The highest BCUT2D eigenvalue weighted by Crippen LogP contribution is 2.23. The number of likely N-dealkylation sites (tertiary alicyclic amines) is 1. The summed E-state index contributed by atoms with van der Waals surface area (Å²) in [6.07, 6.45) is 2.60. The molecule has 0 radical (unpaired) electrons. The molecular weight excluding hydrogens is 265 g/mol. The van der Waals surface area contributed by atoms with Crippen LogP contribution in [0.3, 0.4) is 0 Å². The van der Waals surface area contributed by atoms with Crippen LogP contribution in [0.15, 0.2) is 18.2 Å². The van der Waals surface area contributed by atoms with Gasteiger partial charge in [0.25, 0.3) is 0 Å². The van der Waals surface area contributed by atoms with Crippen LogP contribution >= 0.6 is 0 Å². The lowest BCUT2D eigenvalue weighted by Crippen LogP contribution is -2.31. The summed E-state index contributed by atoms with van der Waals surface area (Å²) in [6, 6.07) is 5.78. The van der Waals surface area contributed by atoms with Crippen molar-refractivity contribution in [1.29, 1.82) is 0 Å². The lowest BCUT2D eigenvalue weighted by molar-refractivity contribution is 0.346. The molecule has 0 amide bonds. The van der Waals surface area contributed by atoms with Gasteiger partial charge in [-0.25, -0.2) is 4.39 Å². The van der Waals surface area contributed by atoms with Crippen LogP contribution in [-0.4, -0.2) is 44.7 Å². The molecule has 1 heterocycles. The number of likely N-dealkylation sites (N-methyl/N-ethyl adjacent to an activating group) is 1. The second kappa shape index (κ2) is 7.76. The zero-order chi connectivity index (χ0) is 15.2. The molecule has 4 heteroatoms. The Labute approximate surface area is 128 Å². The van der Waals surface area contributed by atoms with Crippen LogP contribution in [0.1, 0.15) is 38.3 Å². The highest BCUT2D eigenvalue weighted by molar-refractivity contribution is 5.49. The first-order valence-corrected chi connectivity index (χ1v) is 8.08. The van der Waals surface area contributed by atoms with E-state index in [0.717, 1.165) is 25.2 Å². The van der Waals surface area contributed by atoms with Gasteiger partial charge in [0.2, 0.25) is 0 Å². The third-order valence-electron chi connectivity index (χ3n) is 4.34. The molecule has 1 aliphatic rings. The largest absolute Gasteiger partial charge is 0.371 e. The highest BCUT2D eigenvalue weighted by Gasteiger charge is 2.14. The summed E-state index contributed by atoms with van der Waals surface area (Å²) in [5, 5.41) is 3.31. The third-order valence-corrected chi connectivity index (χ3v) is 4.34. The number of rotatable bonds is 7. The van der Waals surface area contributed by atoms with Gasteiger partial charge in [-0.1, -0.05) is 13.0 Å². The third kappa shape index (κ3) is 4.42. The molecule has 0 aliphatic carbocycles. The molecule has 0 spiro atoms. The van der Waals surface area contributed by atoms with Gasteiger partial charge in [-0.3, -0.25) is 0 Å². The predicted octanol–water partition coefficient (Wildman–Crippen LogP) is 3.03. The van der Waals surface area contributed by atoms with Crippen LogP contribution < -0.4 is 10.2 Å². The average Bonchev–Trinajstić information content (AvgIpc) is 2.98. The molecule has 1 aromatic rings. The topological polar surface area (TPSA) is 18.5 Å². The molecule has 1 aliphatic heterocycles. The minimum atomic E-state index is -0.124. The van der Waals surface area contributed by atoms with E-state index >= 15 is 0 Å². The van der Waals surface area contributed by atoms with E-state index in [-0.39, 0.29) is 11.9 Å². The van der Waals surface area contributed by atoms with E-state index in [2.05, 4.69) is 24.1 Å². The van der Waals surface area contributed by atoms with E-state index in [1.54, 1.807) is 6.07 Å². The minimum Gasteiger partial charge on any atom is -0.371 e. The van der Waals surface area contributed by atoms with Crippen molar-refractivity contribution < 1.29 is 4.39 Å². The number of hydrogen-bond donors (Lipinski definition) is 1. The van der Waals surface area contributed by atoms with Gasteiger partial charge in [0, 0.05) is 26.2 Å². The van der Waals surface area contributed by atoms with Gasteiger partial charge in [0.1, 0.15) is 5.82 Å². The van der Waals surface area contributed by atoms with Gasteiger partial charge in [-0.2, -0.15) is 0 Å². The summed E-state index contributed by atoms with van der Waals surface area (Å²) in [4.78, 5) is 4.48. The molecule has 1 saturated heterocycles. The van der Waals surface area contributed by atoms with Crippen molar-refractivity contribution in [3.8, 4) is 0 Å². The fraction of sp³-hybridized carbons (Fsp3) is 0.647. The van der Waals surface area contributed by atoms with E-state index in [1.807, 2.05) is 24.1 Å². The Morgan fingerprint density at radius 3 is 2.67 bits per heavy atom. The summed E-state index contributed by atoms with van der Waals surface area (Å²) in [5.74, 6) is -0.124. The molecule has 0 saturated carbocycles. The maximum absolute atomic E-state index is 14.3. The molecule has 21 heavy (non-hydrogen) atoms. The molecule has 1 atom stereocenters. The Hall–Kier alpha value is -1.13. The second-order valence-corrected chi connectivity index (χ2v) is 5.96. The summed E-state index contributed by atoms with van der Waals surface area (Å²) in [6.45, 7) is 9.29. The van der Waals surface area contributed by atoms with Gasteiger partial charge in [0.15, 0.2) is 0 Å². The van der Waals surface area contributed by atoms with Crippen LogP contribution in [0.4, 0.5) is 10.1 Å². The van der Waals surface area contributed by atoms with Gasteiger partial charge in [-0.05, 0) is 57.1 Å². The molecule has 0 bridgehead atoms. The molecule has 1 aromatic carbocycles. The monoisotopic (exact) mass is 293 g/mol. The Bertz CT molecular complexity index is 444. The lowest BCUT2D eigenvalue weighted by Gasteiger charge is -2.24. The van der Waals surface area contributed by atoms with Crippen molar-refractivity contribution in [3.63, 3.8) is 0 Å². The van der Waals surface area contributed by atoms with E-state index in [4.69, 9.17) is 0 Å². The SMILES string of the molecule is CCNC(C)c1ccc(N(C)CCN2CCCC2)c(F)c1. The average molecular weight is 293 g/mol. The normalized spacial score (nSPS) is 17.1. The Balaban J connectivity index is 1.95. The van der Waals surface area contributed by atoms with Gasteiger partial charge < -0.3 is 15.1 Å². The minimum absolute atomic E-state index is 0.124.